The molecular formula is C54H75NO4. The van der Waals surface area contributed by atoms with Crippen molar-refractivity contribution in [3.05, 3.63) is 52.6 Å². The van der Waals surface area contributed by atoms with Crippen molar-refractivity contribution >= 4 is 17.4 Å². The van der Waals surface area contributed by atoms with Crippen LogP contribution >= 0.6 is 0 Å². The van der Waals surface area contributed by atoms with Gasteiger partial charge >= 0.3 is 5.97 Å². The van der Waals surface area contributed by atoms with Crippen LogP contribution in [-0.2, 0) is 14.3 Å². The van der Waals surface area contributed by atoms with E-state index in [1.807, 2.05) is 13.0 Å². The van der Waals surface area contributed by atoms with Crippen LogP contribution in [0.3, 0.4) is 0 Å². The maximum atomic E-state index is 12.5. The predicted octanol–water partition coefficient (Wildman–Crippen LogP) is 12.1. The minimum absolute atomic E-state index is 0.318. The molecular weight excluding hydrogens is 727 g/mol. The van der Waals surface area contributed by atoms with Gasteiger partial charge in [-0.25, -0.2) is 0 Å². The van der Waals surface area contributed by atoms with Gasteiger partial charge in [-0.15, -0.1) is 5.92 Å². The Labute approximate surface area is 357 Å². The van der Waals surface area contributed by atoms with Gasteiger partial charge in [-0.2, -0.15) is 0 Å². The summed E-state index contributed by atoms with van der Waals surface area (Å²) in [4.78, 5) is 26.3. The molecule has 8 aliphatic carbocycles. The molecule has 5 heteroatoms. The van der Waals surface area contributed by atoms with E-state index in [1.54, 1.807) is 11.1 Å². The number of nitrogens with zero attached hydrogens (tertiary/aromatic N) is 1. The number of ether oxygens (including phenoxy) is 1. The molecule has 59 heavy (non-hydrogen) atoms. The zero-order valence-corrected chi connectivity index (χ0v) is 37.4. The zero-order chi connectivity index (χ0) is 41.2. The SMILES string of the molecule is CC#CC1C(C)CC2C3CCC4=CC(=O)CCC4=C3[C@@H](c3ccc(N(C)CCOC4CCC5(C)C(CCC6C5CCC5(C)C(C(C)CCC(=O)O)CCC65)C4)cc3)CC12. The molecule has 8 aliphatic rings. The molecule has 0 bridgehead atoms. The molecule has 14 unspecified atom stereocenters. The Morgan fingerprint density at radius 2 is 1.69 bits per heavy atom. The quantitative estimate of drug-likeness (QED) is 0.239. The second kappa shape index (κ2) is 16.5. The average Bonchev–Trinajstić information content (AvgIpc) is 3.75. The Morgan fingerprint density at radius 1 is 0.915 bits per heavy atom. The van der Waals surface area contributed by atoms with Crippen LogP contribution in [0.4, 0.5) is 5.69 Å². The van der Waals surface area contributed by atoms with Crippen molar-refractivity contribution < 1.29 is 19.4 Å². The van der Waals surface area contributed by atoms with Crippen molar-refractivity contribution in [2.45, 2.75) is 156 Å². The first-order valence-corrected chi connectivity index (χ1v) is 24.4. The topological polar surface area (TPSA) is 66.8 Å². The van der Waals surface area contributed by atoms with Crippen molar-refractivity contribution in [2.75, 3.05) is 25.1 Å². The summed E-state index contributed by atoms with van der Waals surface area (Å²) in [7, 11) is 2.23. The van der Waals surface area contributed by atoms with Crippen molar-refractivity contribution in [3.8, 4) is 11.8 Å². The summed E-state index contributed by atoms with van der Waals surface area (Å²) < 4.78 is 6.76. The molecule has 0 heterocycles. The molecule has 0 radical (unpaired) electrons. The van der Waals surface area contributed by atoms with Crippen LogP contribution in [0.5, 0.6) is 0 Å². The van der Waals surface area contributed by atoms with Crippen molar-refractivity contribution in [1.82, 2.24) is 0 Å². The van der Waals surface area contributed by atoms with Gasteiger partial charge in [0, 0.05) is 44.0 Å². The average molecular weight is 802 g/mol. The summed E-state index contributed by atoms with van der Waals surface area (Å²) in [6.45, 7) is 13.8. The van der Waals surface area contributed by atoms with E-state index < -0.39 is 5.97 Å². The Morgan fingerprint density at radius 3 is 2.47 bits per heavy atom. The van der Waals surface area contributed by atoms with Crippen LogP contribution in [0.15, 0.2) is 47.1 Å². The molecule has 9 rings (SSSR count). The third-order valence-electron chi connectivity index (χ3n) is 19.5. The number of ketones is 1. The number of allylic oxidation sites excluding steroid dienone is 4. The fraction of sp³-hybridized carbons (Fsp3) is 0.741. The number of carbonyl (C=O) groups is 2. The number of carbonyl (C=O) groups excluding carboxylic acids is 1. The number of hydrogen-bond acceptors (Lipinski definition) is 4. The third-order valence-corrected chi connectivity index (χ3v) is 19.5. The van der Waals surface area contributed by atoms with Gasteiger partial charge < -0.3 is 14.7 Å². The molecule has 1 aromatic carbocycles. The number of benzene rings is 1. The van der Waals surface area contributed by atoms with E-state index in [2.05, 4.69) is 75.7 Å². The summed E-state index contributed by atoms with van der Waals surface area (Å²) in [5, 5.41) is 9.36. The molecule has 6 saturated carbocycles. The van der Waals surface area contributed by atoms with Crippen molar-refractivity contribution in [1.29, 1.82) is 0 Å². The number of hydrogen-bond donors (Lipinski definition) is 1. The smallest absolute Gasteiger partial charge is 0.303 e. The Balaban J connectivity index is 0.813. The van der Waals surface area contributed by atoms with E-state index in [4.69, 9.17) is 4.74 Å². The molecule has 0 spiro atoms. The van der Waals surface area contributed by atoms with Crippen molar-refractivity contribution in [3.63, 3.8) is 0 Å². The Kier molecular flexibility index (Phi) is 11.6. The first-order valence-electron chi connectivity index (χ1n) is 24.4. The molecule has 1 aromatic rings. The van der Waals surface area contributed by atoms with Crippen molar-refractivity contribution in [2.24, 2.45) is 75.9 Å². The molecule has 5 nitrogen and oxygen atoms in total. The minimum atomic E-state index is -0.640. The lowest BCUT2D eigenvalue weighted by molar-refractivity contribution is -0.139. The second-order valence-corrected chi connectivity index (χ2v) is 22.0. The highest BCUT2D eigenvalue weighted by Crippen LogP contribution is 2.69. The lowest BCUT2D eigenvalue weighted by Gasteiger charge is -2.61. The second-order valence-electron chi connectivity index (χ2n) is 22.0. The number of carboxylic acid groups (broad SMARTS) is 1. The highest BCUT2D eigenvalue weighted by molar-refractivity contribution is 5.93. The summed E-state index contributed by atoms with van der Waals surface area (Å²) in [5.41, 5.74) is 8.13. The number of rotatable bonds is 10. The van der Waals surface area contributed by atoms with Gasteiger partial charge in [0.2, 0.25) is 0 Å². The zero-order valence-electron chi connectivity index (χ0n) is 37.4. The van der Waals surface area contributed by atoms with Gasteiger partial charge in [-0.05, 0) is 208 Å². The van der Waals surface area contributed by atoms with Crippen LogP contribution < -0.4 is 4.90 Å². The molecule has 1 N–H and O–H groups in total. The van der Waals surface area contributed by atoms with Gasteiger partial charge in [0.1, 0.15) is 0 Å². The fourth-order valence-electron chi connectivity index (χ4n) is 16.6. The predicted molar refractivity (Wildman–Crippen MR) is 238 cm³/mol. The Hall–Kier alpha value is -2.84. The largest absolute Gasteiger partial charge is 0.481 e. The standard InChI is InChI=1S/C54H75NO4/c1-7-8-41-34(3)29-46-43-17-12-36-30-39(56)16-19-42(36)52(43)45(32-47(41)46)35-10-14-38(15-11-35)55(6)27-28-59-40-23-25-53(4)37(31-40)13-18-44-49-21-20-48(33(2)9-22-51(57)58)54(49,5)26-24-50(44)53/h10-11,14-15,30,33-34,37,40-41,43-50H,9,12-13,16-29,31-32H2,1-6H3,(H,57,58)/t33?,34?,37?,40?,41?,43?,44?,45-,46?,47?,48?,49?,50?,53?,54?/m1/s1. The van der Waals surface area contributed by atoms with Gasteiger partial charge in [-0.1, -0.05) is 51.3 Å². The van der Waals surface area contributed by atoms with Crippen LogP contribution in [0.25, 0.3) is 0 Å². The first-order chi connectivity index (χ1) is 28.4. The van der Waals surface area contributed by atoms with E-state index in [1.165, 1.54) is 93.9 Å². The number of likely N-dealkylation sites (N-methyl/N-ethyl adjacent to an activating group) is 1. The summed E-state index contributed by atoms with van der Waals surface area (Å²) in [5.74, 6) is 14.7. The van der Waals surface area contributed by atoms with Gasteiger partial charge in [0.15, 0.2) is 5.78 Å². The molecule has 15 atom stereocenters. The number of fused-ring (bicyclic) bond motifs is 9. The fourth-order valence-corrected chi connectivity index (χ4v) is 16.6. The molecule has 0 aliphatic heterocycles. The first kappa shape index (κ1) is 41.5. The monoisotopic (exact) mass is 802 g/mol. The van der Waals surface area contributed by atoms with Crippen LogP contribution in [0.1, 0.15) is 155 Å². The van der Waals surface area contributed by atoms with E-state index in [9.17, 15) is 14.7 Å². The molecule has 0 amide bonds. The molecule has 320 valence electrons. The molecule has 0 saturated heterocycles. The number of anilines is 1. The highest BCUT2D eigenvalue weighted by atomic mass is 16.5. The van der Waals surface area contributed by atoms with E-state index >= 15 is 0 Å². The number of aliphatic carboxylic acids is 1. The maximum Gasteiger partial charge on any atom is 0.303 e. The molecule has 6 fully saturated rings. The highest BCUT2D eigenvalue weighted by Gasteiger charge is 2.61. The van der Waals surface area contributed by atoms with Gasteiger partial charge in [0.25, 0.3) is 0 Å². The van der Waals surface area contributed by atoms with E-state index in [0.717, 1.165) is 62.0 Å². The maximum absolute atomic E-state index is 12.5. The number of carboxylic acids is 1. The van der Waals surface area contributed by atoms with Crippen LogP contribution in [-0.4, -0.2) is 43.2 Å². The van der Waals surface area contributed by atoms with E-state index in [0.29, 0.717) is 77.0 Å². The minimum Gasteiger partial charge on any atom is -0.481 e. The summed E-state index contributed by atoms with van der Waals surface area (Å²) >= 11 is 0. The van der Waals surface area contributed by atoms with E-state index in [-0.39, 0.29) is 0 Å². The third kappa shape index (κ3) is 7.40. The lowest BCUT2D eigenvalue weighted by atomic mass is 9.44. The summed E-state index contributed by atoms with van der Waals surface area (Å²) in [6, 6.07) is 9.56. The lowest BCUT2D eigenvalue weighted by Crippen LogP contribution is -2.54. The summed E-state index contributed by atoms with van der Waals surface area (Å²) in [6.07, 6.45) is 21.7. The Bertz CT molecular complexity index is 1880. The van der Waals surface area contributed by atoms with Crippen LogP contribution in [0, 0.1) is 87.8 Å². The normalized spacial score (nSPS) is 41.5. The molecule has 0 aromatic heterocycles. The van der Waals surface area contributed by atoms with Crippen LogP contribution in [0.2, 0.25) is 0 Å². The van der Waals surface area contributed by atoms with Gasteiger partial charge in [0.05, 0.1) is 12.7 Å². The van der Waals surface area contributed by atoms with Gasteiger partial charge in [-0.3, -0.25) is 9.59 Å².